The SMILES string of the molecule is CBNC(=O)c1ccc(N)cc1. The van der Waals surface area contributed by atoms with Gasteiger partial charge in [0.2, 0.25) is 13.3 Å². The van der Waals surface area contributed by atoms with Crippen LogP contribution in [0.1, 0.15) is 10.4 Å². The number of nitrogens with two attached hydrogens (primary N) is 1. The molecule has 62 valence electrons. The predicted octanol–water partition coefficient (Wildman–Crippen LogP) is 0.398. The molecule has 0 unspecified atom stereocenters. The summed E-state index contributed by atoms with van der Waals surface area (Å²) in [6.45, 7) is 1.88. The summed E-state index contributed by atoms with van der Waals surface area (Å²) in [6.07, 6.45) is 0. The van der Waals surface area contributed by atoms with Gasteiger partial charge < -0.3 is 11.0 Å². The number of carbonyl (C=O) groups is 1. The van der Waals surface area contributed by atoms with E-state index in [4.69, 9.17) is 5.73 Å². The first-order chi connectivity index (χ1) is 5.74. The molecule has 4 heteroatoms. The minimum Gasteiger partial charge on any atom is -0.399 e. The number of amides is 1. The zero-order chi connectivity index (χ0) is 8.97. The van der Waals surface area contributed by atoms with E-state index < -0.39 is 0 Å². The number of nitrogen functional groups attached to an aromatic ring is 1. The number of carbonyl (C=O) groups excluding carboxylic acids is 1. The van der Waals surface area contributed by atoms with Crippen molar-refractivity contribution in [2.24, 2.45) is 0 Å². The first kappa shape index (κ1) is 8.65. The largest absolute Gasteiger partial charge is 0.399 e. The van der Waals surface area contributed by atoms with E-state index in [1.165, 1.54) is 0 Å². The van der Waals surface area contributed by atoms with E-state index in [2.05, 4.69) is 5.23 Å². The molecule has 0 saturated carbocycles. The van der Waals surface area contributed by atoms with Gasteiger partial charge in [-0.3, -0.25) is 4.79 Å². The zero-order valence-corrected chi connectivity index (χ0v) is 7.00. The molecule has 1 rings (SSSR count). The monoisotopic (exact) mass is 162 g/mol. The van der Waals surface area contributed by atoms with Crippen molar-refractivity contribution in [2.45, 2.75) is 6.82 Å². The summed E-state index contributed by atoms with van der Waals surface area (Å²) in [5.74, 6) is -0.0579. The third-order valence-electron chi connectivity index (χ3n) is 1.51. The third kappa shape index (κ3) is 2.02. The highest BCUT2D eigenvalue weighted by molar-refractivity contribution is 6.36. The number of hydrogen-bond donors (Lipinski definition) is 2. The second kappa shape index (κ2) is 3.81. The molecule has 1 amide bonds. The molecule has 0 aliphatic heterocycles. The van der Waals surface area contributed by atoms with Gasteiger partial charge in [0.25, 0.3) is 0 Å². The van der Waals surface area contributed by atoms with Crippen LogP contribution in [0.5, 0.6) is 0 Å². The Balaban J connectivity index is 2.75. The van der Waals surface area contributed by atoms with Crippen molar-refractivity contribution in [3.05, 3.63) is 29.8 Å². The van der Waals surface area contributed by atoms with E-state index >= 15 is 0 Å². The Morgan fingerprint density at radius 2 is 2.00 bits per heavy atom. The third-order valence-corrected chi connectivity index (χ3v) is 1.51. The average Bonchev–Trinajstić information content (AvgIpc) is 2.06. The fourth-order valence-corrected chi connectivity index (χ4v) is 0.897. The van der Waals surface area contributed by atoms with Gasteiger partial charge >= 0.3 is 0 Å². The molecule has 0 fully saturated rings. The van der Waals surface area contributed by atoms with E-state index in [-0.39, 0.29) is 5.91 Å². The van der Waals surface area contributed by atoms with Crippen LogP contribution in [0.15, 0.2) is 24.3 Å². The summed E-state index contributed by atoms with van der Waals surface area (Å²) in [6, 6.07) is 6.84. The van der Waals surface area contributed by atoms with E-state index in [1.54, 1.807) is 24.3 Å². The molecule has 0 heterocycles. The Morgan fingerprint density at radius 1 is 1.42 bits per heavy atom. The van der Waals surface area contributed by atoms with Crippen molar-refractivity contribution in [3.8, 4) is 0 Å². The Morgan fingerprint density at radius 3 is 2.50 bits per heavy atom. The molecule has 0 radical (unpaired) electrons. The molecule has 12 heavy (non-hydrogen) atoms. The molecule has 0 aromatic heterocycles. The molecular formula is C8H11BN2O. The van der Waals surface area contributed by atoms with Gasteiger partial charge in [-0.2, -0.15) is 0 Å². The molecule has 1 aromatic rings. The van der Waals surface area contributed by atoms with E-state index in [0.29, 0.717) is 18.7 Å². The van der Waals surface area contributed by atoms with Crippen LogP contribution in [0.2, 0.25) is 6.82 Å². The minimum atomic E-state index is -0.0579. The van der Waals surface area contributed by atoms with E-state index in [0.717, 1.165) is 0 Å². The summed E-state index contributed by atoms with van der Waals surface area (Å²) in [5.41, 5.74) is 6.78. The molecule has 0 spiro atoms. The second-order valence-corrected chi connectivity index (χ2v) is 2.48. The molecule has 0 aliphatic carbocycles. The van der Waals surface area contributed by atoms with Crippen molar-refractivity contribution >= 4 is 19.0 Å². The maximum Gasteiger partial charge on any atom is 0.239 e. The first-order valence-corrected chi connectivity index (χ1v) is 3.87. The van der Waals surface area contributed by atoms with Gasteiger partial charge in [-0.25, -0.2) is 0 Å². The standard InChI is InChI=1S/C8H11BN2O/c1-9-11-8(12)6-2-4-7(10)5-3-6/h2-5,9H,10H2,1H3,(H,11,12). The van der Waals surface area contributed by atoms with Crippen LogP contribution in [0.25, 0.3) is 0 Å². The Hall–Kier alpha value is -1.45. The van der Waals surface area contributed by atoms with Crippen molar-refractivity contribution in [1.29, 1.82) is 0 Å². The molecule has 0 saturated heterocycles. The first-order valence-electron chi connectivity index (χ1n) is 3.87. The minimum absolute atomic E-state index is 0.0579. The predicted molar refractivity (Wildman–Crippen MR) is 51.3 cm³/mol. The molecule has 1 aromatic carbocycles. The van der Waals surface area contributed by atoms with E-state index in [1.807, 2.05) is 6.82 Å². The highest BCUT2D eigenvalue weighted by Gasteiger charge is 2.01. The smallest absolute Gasteiger partial charge is 0.239 e. The average molecular weight is 162 g/mol. The van der Waals surface area contributed by atoms with Crippen molar-refractivity contribution < 1.29 is 4.79 Å². The van der Waals surface area contributed by atoms with Gasteiger partial charge in [-0.05, 0) is 24.3 Å². The lowest BCUT2D eigenvalue weighted by atomic mass is 9.99. The maximum absolute atomic E-state index is 11.2. The summed E-state index contributed by atoms with van der Waals surface area (Å²) in [5, 5.41) is 2.70. The highest BCUT2D eigenvalue weighted by Crippen LogP contribution is 2.04. The Kier molecular flexibility index (Phi) is 2.74. The van der Waals surface area contributed by atoms with Crippen molar-refractivity contribution in [2.75, 3.05) is 5.73 Å². The van der Waals surface area contributed by atoms with Gasteiger partial charge in [0.15, 0.2) is 0 Å². The molecule has 3 N–H and O–H groups in total. The van der Waals surface area contributed by atoms with Crippen LogP contribution >= 0.6 is 0 Å². The van der Waals surface area contributed by atoms with Crippen LogP contribution in [-0.2, 0) is 0 Å². The Labute approximate surface area is 72.2 Å². The van der Waals surface area contributed by atoms with Crippen molar-refractivity contribution in [3.63, 3.8) is 0 Å². The lowest BCUT2D eigenvalue weighted by Gasteiger charge is -2.00. The molecule has 0 bridgehead atoms. The molecule has 3 nitrogen and oxygen atoms in total. The van der Waals surface area contributed by atoms with Crippen LogP contribution < -0.4 is 11.0 Å². The van der Waals surface area contributed by atoms with Crippen LogP contribution in [-0.4, -0.2) is 13.3 Å². The zero-order valence-electron chi connectivity index (χ0n) is 7.00. The number of nitrogens with one attached hydrogen (secondary N) is 1. The summed E-state index contributed by atoms with van der Waals surface area (Å²) in [4.78, 5) is 11.2. The number of benzene rings is 1. The molecule has 0 aliphatic rings. The van der Waals surface area contributed by atoms with Gasteiger partial charge in [-0.1, -0.05) is 6.82 Å². The summed E-state index contributed by atoms with van der Waals surface area (Å²) >= 11 is 0. The number of rotatable bonds is 2. The van der Waals surface area contributed by atoms with Gasteiger partial charge in [0.1, 0.15) is 0 Å². The Bertz CT molecular complexity index is 271. The van der Waals surface area contributed by atoms with Crippen molar-refractivity contribution in [1.82, 2.24) is 5.23 Å². The van der Waals surface area contributed by atoms with Gasteiger partial charge in [0, 0.05) is 11.3 Å². The lowest BCUT2D eigenvalue weighted by molar-refractivity contribution is 0.0980. The fraction of sp³-hybridized carbons (Fsp3) is 0.125. The topological polar surface area (TPSA) is 55.1 Å². The summed E-state index contributed by atoms with van der Waals surface area (Å²) in [7, 11) is 0.642. The normalized spacial score (nSPS) is 9.08. The molecule has 0 atom stereocenters. The fourth-order valence-electron chi connectivity index (χ4n) is 0.897. The van der Waals surface area contributed by atoms with Gasteiger partial charge in [0.05, 0.1) is 0 Å². The quantitative estimate of drug-likeness (QED) is 0.488. The van der Waals surface area contributed by atoms with Crippen LogP contribution in [0.4, 0.5) is 5.69 Å². The summed E-state index contributed by atoms with van der Waals surface area (Å²) < 4.78 is 0. The van der Waals surface area contributed by atoms with Crippen LogP contribution in [0.3, 0.4) is 0 Å². The van der Waals surface area contributed by atoms with E-state index in [9.17, 15) is 4.79 Å². The lowest BCUT2D eigenvalue weighted by Crippen LogP contribution is -2.25. The molecular weight excluding hydrogens is 151 g/mol. The second-order valence-electron chi connectivity index (χ2n) is 2.48. The number of anilines is 1. The highest BCUT2D eigenvalue weighted by atomic mass is 16.1. The van der Waals surface area contributed by atoms with Crippen LogP contribution in [0, 0.1) is 0 Å². The number of hydrogen-bond acceptors (Lipinski definition) is 2. The maximum atomic E-state index is 11.2. The van der Waals surface area contributed by atoms with Gasteiger partial charge in [-0.15, -0.1) is 0 Å².